The summed E-state index contributed by atoms with van der Waals surface area (Å²) in [6.45, 7) is 25.3. The van der Waals surface area contributed by atoms with E-state index in [0.29, 0.717) is 5.54 Å². The lowest BCUT2D eigenvalue weighted by atomic mass is 10.1. The van der Waals surface area contributed by atoms with Crippen molar-refractivity contribution in [3.8, 4) is 0 Å². The van der Waals surface area contributed by atoms with Gasteiger partial charge >= 0.3 is 0 Å². The fourth-order valence-electron chi connectivity index (χ4n) is 3.72. The molecule has 1 unspecified atom stereocenters. The Kier molecular flexibility index (Phi) is 6.60. The van der Waals surface area contributed by atoms with Crippen LogP contribution in [0.15, 0.2) is 54.6 Å². The third-order valence-electron chi connectivity index (χ3n) is 4.47. The minimum atomic E-state index is -1.57. The number of benzene rings is 1. The number of hydrogen-bond acceptors (Lipinski definition) is 1. The molecule has 0 saturated carbocycles. The molecule has 0 heterocycles. The molecule has 0 saturated heterocycles. The highest BCUT2D eigenvalue weighted by Gasteiger charge is 2.41. The van der Waals surface area contributed by atoms with E-state index in [1.165, 1.54) is 16.7 Å². The van der Waals surface area contributed by atoms with E-state index in [1.807, 2.05) is 6.92 Å². The first-order chi connectivity index (χ1) is 10.9. The molecule has 0 aliphatic heterocycles. The molecule has 0 radical (unpaired) electrons. The Morgan fingerprint density at radius 2 is 1.67 bits per heavy atom. The van der Waals surface area contributed by atoms with E-state index >= 15 is 0 Å². The predicted octanol–water partition coefficient (Wildman–Crippen LogP) is 6.46. The molecule has 0 spiro atoms. The van der Waals surface area contributed by atoms with Gasteiger partial charge in [-0.15, -0.1) is 0 Å². The summed E-state index contributed by atoms with van der Waals surface area (Å²) in [7, 11) is -1.57. The van der Waals surface area contributed by atoms with Crippen molar-refractivity contribution in [2.75, 3.05) is 0 Å². The standard InChI is InChI=1S/C17H27NSi.C5H8/c1-12-13(2)16(15-11-9-8-10-14(12)15)19(6,7)18-17(3,4)5;1-4-5(2)3/h8-11,16,18H,1-7H3;4H,1-2H2,3H3. The van der Waals surface area contributed by atoms with Gasteiger partial charge in [0.2, 0.25) is 0 Å². The van der Waals surface area contributed by atoms with E-state index in [9.17, 15) is 0 Å². The van der Waals surface area contributed by atoms with Crippen LogP contribution in [-0.2, 0) is 0 Å². The van der Waals surface area contributed by atoms with Crippen LogP contribution in [0.1, 0.15) is 58.2 Å². The van der Waals surface area contributed by atoms with Crippen LogP contribution >= 0.6 is 0 Å². The molecule has 1 aliphatic rings. The highest BCUT2D eigenvalue weighted by molar-refractivity contribution is 6.77. The van der Waals surface area contributed by atoms with Gasteiger partial charge in [0.05, 0.1) is 0 Å². The Morgan fingerprint density at radius 3 is 2.12 bits per heavy atom. The first-order valence-corrected chi connectivity index (χ1v) is 11.8. The van der Waals surface area contributed by atoms with E-state index < -0.39 is 8.24 Å². The third-order valence-corrected chi connectivity index (χ3v) is 8.05. The average Bonchev–Trinajstić information content (AvgIpc) is 2.70. The number of rotatable bonds is 3. The third kappa shape index (κ3) is 5.06. The SMILES string of the molecule is C=CC(=C)C.CC1=C(C)C([Si](C)(C)NC(C)(C)C)c2ccccc21. The van der Waals surface area contributed by atoms with E-state index in [4.69, 9.17) is 0 Å². The van der Waals surface area contributed by atoms with Gasteiger partial charge in [0.25, 0.3) is 0 Å². The predicted molar refractivity (Wildman–Crippen MR) is 113 cm³/mol. The monoisotopic (exact) mass is 341 g/mol. The van der Waals surface area contributed by atoms with Gasteiger partial charge in [-0.2, -0.15) is 0 Å². The number of fused-ring (bicyclic) bond motifs is 1. The van der Waals surface area contributed by atoms with Gasteiger partial charge in [0.15, 0.2) is 0 Å². The van der Waals surface area contributed by atoms with E-state index in [-0.39, 0.29) is 5.54 Å². The fourth-order valence-corrected chi connectivity index (χ4v) is 8.13. The lowest BCUT2D eigenvalue weighted by Crippen LogP contribution is -2.58. The quantitative estimate of drug-likeness (QED) is 0.491. The van der Waals surface area contributed by atoms with Crippen molar-refractivity contribution >= 4 is 13.8 Å². The van der Waals surface area contributed by atoms with Gasteiger partial charge < -0.3 is 4.98 Å². The van der Waals surface area contributed by atoms with Crippen molar-refractivity contribution in [3.05, 3.63) is 65.8 Å². The average molecular weight is 342 g/mol. The maximum atomic E-state index is 3.93. The van der Waals surface area contributed by atoms with Crippen LogP contribution < -0.4 is 4.98 Å². The van der Waals surface area contributed by atoms with Crippen molar-refractivity contribution in [3.63, 3.8) is 0 Å². The van der Waals surface area contributed by atoms with Gasteiger partial charge in [-0.3, -0.25) is 0 Å². The molecule has 24 heavy (non-hydrogen) atoms. The number of hydrogen-bond donors (Lipinski definition) is 1. The molecule has 1 atom stereocenters. The van der Waals surface area contributed by atoms with Crippen LogP contribution in [0.3, 0.4) is 0 Å². The van der Waals surface area contributed by atoms with Gasteiger partial charge in [0.1, 0.15) is 8.24 Å². The normalized spacial score (nSPS) is 17.1. The zero-order valence-corrected chi connectivity index (χ0v) is 17.9. The molecule has 1 N–H and O–H groups in total. The fraction of sp³-hybridized carbons (Fsp3) is 0.455. The van der Waals surface area contributed by atoms with Gasteiger partial charge in [-0.1, -0.05) is 67.7 Å². The van der Waals surface area contributed by atoms with Crippen LogP contribution in [-0.4, -0.2) is 13.8 Å². The zero-order valence-electron chi connectivity index (χ0n) is 16.9. The van der Waals surface area contributed by atoms with Crippen LogP contribution in [0.25, 0.3) is 5.57 Å². The lowest BCUT2D eigenvalue weighted by Gasteiger charge is -2.39. The largest absolute Gasteiger partial charge is 0.332 e. The summed E-state index contributed by atoms with van der Waals surface area (Å²) in [5.74, 6) is 0. The maximum Gasteiger partial charge on any atom is 0.131 e. The molecular formula is C22H35NSi. The Bertz CT molecular complexity index is 644. The Hall–Kier alpha value is -1.38. The molecule has 0 amide bonds. The van der Waals surface area contributed by atoms with Gasteiger partial charge in [-0.05, 0) is 58.2 Å². The van der Waals surface area contributed by atoms with Gasteiger partial charge in [-0.25, -0.2) is 0 Å². The molecule has 1 nitrogen and oxygen atoms in total. The molecular weight excluding hydrogens is 306 g/mol. The number of nitrogens with one attached hydrogen (secondary N) is 1. The Balaban J connectivity index is 0.000000505. The Labute approximate surface area is 150 Å². The molecule has 2 heteroatoms. The van der Waals surface area contributed by atoms with Crippen molar-refractivity contribution in [2.45, 2.75) is 65.7 Å². The summed E-state index contributed by atoms with van der Waals surface area (Å²) in [6, 6.07) is 8.93. The van der Waals surface area contributed by atoms with E-state index in [2.05, 4.69) is 90.1 Å². The van der Waals surface area contributed by atoms with Crippen molar-refractivity contribution in [2.24, 2.45) is 0 Å². The second kappa shape index (κ2) is 7.67. The van der Waals surface area contributed by atoms with Crippen LogP contribution in [0.4, 0.5) is 0 Å². The topological polar surface area (TPSA) is 12.0 Å². The van der Waals surface area contributed by atoms with E-state index in [0.717, 1.165) is 5.57 Å². The summed E-state index contributed by atoms with van der Waals surface area (Å²) >= 11 is 0. The molecule has 2 rings (SSSR count). The second-order valence-corrected chi connectivity index (χ2v) is 12.7. The Morgan fingerprint density at radius 1 is 1.17 bits per heavy atom. The highest BCUT2D eigenvalue weighted by atomic mass is 28.3. The summed E-state index contributed by atoms with van der Waals surface area (Å²) < 4.78 is 0. The van der Waals surface area contributed by atoms with Gasteiger partial charge in [0, 0.05) is 11.1 Å². The molecule has 0 fully saturated rings. The summed E-state index contributed by atoms with van der Waals surface area (Å²) in [4.78, 5) is 3.93. The first-order valence-electron chi connectivity index (χ1n) is 8.74. The minimum Gasteiger partial charge on any atom is -0.332 e. The molecule has 0 aromatic heterocycles. The zero-order chi connectivity index (χ0) is 18.7. The molecule has 132 valence electrons. The summed E-state index contributed by atoms with van der Waals surface area (Å²) in [6.07, 6.45) is 1.72. The summed E-state index contributed by atoms with van der Waals surface area (Å²) in [5, 5.41) is 0. The second-order valence-electron chi connectivity index (χ2n) is 8.48. The minimum absolute atomic E-state index is 0.182. The lowest BCUT2D eigenvalue weighted by molar-refractivity contribution is 0.508. The maximum absolute atomic E-state index is 3.93. The van der Waals surface area contributed by atoms with Crippen LogP contribution in [0.5, 0.6) is 0 Å². The molecule has 1 aromatic carbocycles. The summed E-state index contributed by atoms with van der Waals surface area (Å²) in [5.41, 5.74) is 7.84. The molecule has 1 aromatic rings. The van der Waals surface area contributed by atoms with E-state index in [1.54, 1.807) is 11.6 Å². The van der Waals surface area contributed by atoms with Crippen LogP contribution in [0, 0.1) is 0 Å². The molecule has 1 aliphatic carbocycles. The van der Waals surface area contributed by atoms with Crippen molar-refractivity contribution in [1.82, 2.24) is 4.98 Å². The van der Waals surface area contributed by atoms with Crippen molar-refractivity contribution in [1.29, 1.82) is 0 Å². The smallest absolute Gasteiger partial charge is 0.131 e. The van der Waals surface area contributed by atoms with Crippen molar-refractivity contribution < 1.29 is 0 Å². The first kappa shape index (κ1) is 20.7. The number of allylic oxidation sites excluding steroid dienone is 4. The highest BCUT2D eigenvalue weighted by Crippen LogP contribution is 2.45. The molecule has 0 bridgehead atoms. The van der Waals surface area contributed by atoms with Crippen LogP contribution in [0.2, 0.25) is 13.1 Å².